The fourth-order valence-electron chi connectivity index (χ4n) is 2.77. The number of hydrogen-bond donors (Lipinski definition) is 1. The van der Waals surface area contributed by atoms with E-state index in [9.17, 15) is 9.65 Å². The van der Waals surface area contributed by atoms with E-state index in [2.05, 4.69) is 25.2 Å². The molecule has 0 spiro atoms. The second kappa shape index (κ2) is 8.60. The molecule has 0 saturated carbocycles. The molecule has 0 radical (unpaired) electrons. The van der Waals surface area contributed by atoms with Crippen LogP contribution in [0.15, 0.2) is 48.5 Å². The summed E-state index contributed by atoms with van der Waals surface area (Å²) in [6, 6.07) is 15.4. The summed E-state index contributed by atoms with van der Waals surface area (Å²) in [5.74, 6) is 0.431. The molecule has 3 aromatic rings. The predicted octanol–water partition coefficient (Wildman–Crippen LogP) is 6.80. The Morgan fingerprint density at radius 2 is 1.79 bits per heavy atom. The molecule has 1 heterocycles. The van der Waals surface area contributed by atoms with Crippen molar-refractivity contribution >= 4 is 29.0 Å². The zero-order chi connectivity index (χ0) is 20.3. The maximum atomic E-state index is 13.6. The molecule has 28 heavy (non-hydrogen) atoms. The highest BCUT2D eigenvalue weighted by Gasteiger charge is 2.17. The van der Waals surface area contributed by atoms with E-state index >= 15 is 0 Å². The van der Waals surface area contributed by atoms with E-state index in [0.29, 0.717) is 40.1 Å². The van der Waals surface area contributed by atoms with Crippen molar-refractivity contribution in [2.75, 3.05) is 11.9 Å². The summed E-state index contributed by atoms with van der Waals surface area (Å²) in [5.41, 5.74) is 3.13. The highest BCUT2D eigenvalue weighted by atomic mass is 35.5. The van der Waals surface area contributed by atoms with Gasteiger partial charge >= 0.3 is 0 Å². The van der Waals surface area contributed by atoms with Gasteiger partial charge in [0.25, 0.3) is 0 Å². The molecule has 3 rings (SSSR count). The van der Waals surface area contributed by atoms with Gasteiger partial charge in [-0.1, -0.05) is 49.2 Å². The largest absolute Gasteiger partial charge is 0.369 e. The van der Waals surface area contributed by atoms with Gasteiger partial charge in [0.2, 0.25) is 0 Å². The average Bonchev–Trinajstić information content (AvgIpc) is 2.66. The van der Waals surface area contributed by atoms with E-state index in [1.165, 1.54) is 12.1 Å². The number of halogens is 3. The number of aromatic nitrogens is 1. The molecule has 142 valence electrons. The first-order chi connectivity index (χ1) is 13.4. The molecule has 1 N–H and O–H groups in total. The molecular formula is C22H18Cl2FN3. The summed E-state index contributed by atoms with van der Waals surface area (Å²) in [6.45, 7) is 4.80. The molecule has 0 aliphatic heterocycles. The quantitative estimate of drug-likeness (QED) is 0.499. The Morgan fingerprint density at radius 3 is 2.39 bits per heavy atom. The van der Waals surface area contributed by atoms with Crippen LogP contribution in [0.25, 0.3) is 22.4 Å². The van der Waals surface area contributed by atoms with Gasteiger partial charge in [0, 0.05) is 22.7 Å². The van der Waals surface area contributed by atoms with Crippen molar-refractivity contribution in [1.29, 1.82) is 5.26 Å². The monoisotopic (exact) mass is 413 g/mol. The zero-order valence-corrected chi connectivity index (χ0v) is 16.9. The Labute approximate surface area is 173 Å². The van der Waals surface area contributed by atoms with E-state index in [1.54, 1.807) is 24.3 Å². The molecule has 0 amide bonds. The fourth-order valence-corrected chi connectivity index (χ4v) is 3.15. The predicted molar refractivity (Wildman–Crippen MR) is 113 cm³/mol. The molecule has 6 heteroatoms. The number of anilines is 1. The lowest BCUT2D eigenvalue weighted by Crippen LogP contribution is -2.11. The van der Waals surface area contributed by atoms with Crippen LogP contribution >= 0.6 is 23.2 Å². The molecule has 3 nitrogen and oxygen atoms in total. The number of nitrogens with one attached hydrogen (secondary N) is 1. The van der Waals surface area contributed by atoms with E-state index < -0.39 is 5.82 Å². The van der Waals surface area contributed by atoms with Crippen LogP contribution in [-0.4, -0.2) is 11.5 Å². The van der Waals surface area contributed by atoms with Gasteiger partial charge in [-0.15, -0.1) is 0 Å². The van der Waals surface area contributed by atoms with Gasteiger partial charge < -0.3 is 5.32 Å². The second-order valence-corrected chi connectivity index (χ2v) is 7.64. The van der Waals surface area contributed by atoms with Gasteiger partial charge in [-0.25, -0.2) is 9.37 Å². The molecule has 0 aliphatic carbocycles. The van der Waals surface area contributed by atoms with Crippen molar-refractivity contribution in [3.05, 3.63) is 70.0 Å². The molecular weight excluding hydrogens is 396 g/mol. The smallest absolute Gasteiger partial charge is 0.144 e. The van der Waals surface area contributed by atoms with Crippen LogP contribution in [0.2, 0.25) is 10.0 Å². The maximum Gasteiger partial charge on any atom is 0.144 e. The minimum absolute atomic E-state index is 0.252. The average molecular weight is 414 g/mol. The lowest BCUT2D eigenvalue weighted by molar-refractivity contribution is 0.628. The van der Waals surface area contributed by atoms with Gasteiger partial charge in [-0.2, -0.15) is 5.26 Å². The van der Waals surface area contributed by atoms with Crippen molar-refractivity contribution in [2.24, 2.45) is 5.92 Å². The molecule has 0 unspecified atom stereocenters. The standard InChI is InChI=1S/C22H18Cl2FN3/c1-13(2)12-27-22-15(11-26)9-19(14-3-5-16(23)6-4-14)21(28-22)18-8-7-17(25)10-20(18)24/h3-10,13H,12H2,1-2H3,(H,27,28). The first kappa shape index (κ1) is 20.1. The van der Waals surface area contributed by atoms with E-state index in [1.807, 2.05) is 12.1 Å². The van der Waals surface area contributed by atoms with Crippen LogP contribution in [0.4, 0.5) is 10.2 Å². The van der Waals surface area contributed by atoms with Gasteiger partial charge in [0.1, 0.15) is 17.7 Å². The lowest BCUT2D eigenvalue weighted by Gasteiger charge is -2.16. The number of nitrogens with zero attached hydrogens (tertiary/aromatic N) is 2. The van der Waals surface area contributed by atoms with Crippen LogP contribution in [-0.2, 0) is 0 Å². The Kier molecular flexibility index (Phi) is 6.18. The summed E-state index contributed by atoms with van der Waals surface area (Å²) in [6.07, 6.45) is 0. The van der Waals surface area contributed by atoms with E-state index in [0.717, 1.165) is 11.1 Å². The number of nitriles is 1. The highest BCUT2D eigenvalue weighted by molar-refractivity contribution is 6.33. The van der Waals surface area contributed by atoms with Crippen molar-refractivity contribution in [3.63, 3.8) is 0 Å². The van der Waals surface area contributed by atoms with E-state index in [-0.39, 0.29) is 5.02 Å². The van der Waals surface area contributed by atoms with Crippen LogP contribution in [0.3, 0.4) is 0 Å². The highest BCUT2D eigenvalue weighted by Crippen LogP contribution is 2.37. The fraction of sp³-hybridized carbons (Fsp3) is 0.182. The maximum absolute atomic E-state index is 13.6. The number of benzene rings is 2. The molecule has 0 fully saturated rings. The first-order valence-corrected chi connectivity index (χ1v) is 9.55. The summed E-state index contributed by atoms with van der Waals surface area (Å²) in [5, 5.41) is 13.7. The minimum atomic E-state index is -0.423. The Hall–Kier alpha value is -2.61. The third kappa shape index (κ3) is 4.44. The molecule has 0 saturated heterocycles. The van der Waals surface area contributed by atoms with E-state index in [4.69, 9.17) is 28.2 Å². The van der Waals surface area contributed by atoms with Crippen LogP contribution < -0.4 is 5.32 Å². The zero-order valence-electron chi connectivity index (χ0n) is 15.4. The molecule has 0 atom stereocenters. The third-order valence-corrected chi connectivity index (χ3v) is 4.73. The number of rotatable bonds is 5. The molecule has 2 aromatic carbocycles. The van der Waals surface area contributed by atoms with Gasteiger partial charge in [-0.3, -0.25) is 0 Å². The summed E-state index contributed by atoms with van der Waals surface area (Å²) in [7, 11) is 0. The topological polar surface area (TPSA) is 48.7 Å². The number of hydrogen-bond acceptors (Lipinski definition) is 3. The SMILES string of the molecule is CC(C)CNc1nc(-c2ccc(F)cc2Cl)c(-c2ccc(Cl)cc2)cc1C#N. The van der Waals surface area contributed by atoms with Crippen molar-refractivity contribution < 1.29 is 4.39 Å². The van der Waals surface area contributed by atoms with Crippen LogP contribution in [0.5, 0.6) is 0 Å². The van der Waals surface area contributed by atoms with Gasteiger partial charge in [-0.05, 0) is 47.9 Å². The third-order valence-electron chi connectivity index (χ3n) is 4.16. The Morgan fingerprint density at radius 1 is 1.07 bits per heavy atom. The minimum Gasteiger partial charge on any atom is -0.369 e. The van der Waals surface area contributed by atoms with Crippen molar-refractivity contribution in [1.82, 2.24) is 4.98 Å². The first-order valence-electron chi connectivity index (χ1n) is 8.79. The Bertz CT molecular complexity index is 1040. The summed E-state index contributed by atoms with van der Waals surface area (Å²) < 4.78 is 13.6. The van der Waals surface area contributed by atoms with Crippen LogP contribution in [0, 0.1) is 23.1 Å². The molecule has 1 aromatic heterocycles. The van der Waals surface area contributed by atoms with Crippen molar-refractivity contribution in [3.8, 4) is 28.5 Å². The second-order valence-electron chi connectivity index (χ2n) is 6.80. The van der Waals surface area contributed by atoms with Gasteiger partial charge in [0.15, 0.2) is 0 Å². The van der Waals surface area contributed by atoms with Crippen molar-refractivity contribution in [2.45, 2.75) is 13.8 Å². The molecule has 0 aliphatic rings. The van der Waals surface area contributed by atoms with Crippen LogP contribution in [0.1, 0.15) is 19.4 Å². The lowest BCUT2D eigenvalue weighted by atomic mass is 9.97. The molecule has 0 bridgehead atoms. The summed E-state index contributed by atoms with van der Waals surface area (Å²) >= 11 is 12.3. The normalized spacial score (nSPS) is 10.8. The van der Waals surface area contributed by atoms with Gasteiger partial charge in [0.05, 0.1) is 16.3 Å². The summed E-state index contributed by atoms with van der Waals surface area (Å²) in [4.78, 5) is 4.70. The number of pyridine rings is 1. The Balaban J connectivity index is 2.24.